The monoisotopic (exact) mass is 292 g/mol. The third kappa shape index (κ3) is 2.64. The number of benzene rings is 1. The zero-order valence-electron chi connectivity index (χ0n) is 9.72. The fourth-order valence-corrected chi connectivity index (χ4v) is 1.85. The van der Waals surface area contributed by atoms with E-state index in [1.54, 1.807) is 6.33 Å². The molecule has 0 aliphatic heterocycles. The second-order valence-electron chi connectivity index (χ2n) is 3.95. The van der Waals surface area contributed by atoms with Crippen molar-refractivity contribution in [2.45, 2.75) is 18.7 Å². The summed E-state index contributed by atoms with van der Waals surface area (Å²) in [4.78, 5) is 15.7. The number of imidazole rings is 1. The number of aryl methyl sites for hydroxylation is 1. The van der Waals surface area contributed by atoms with Gasteiger partial charge in [-0.05, 0) is 38.1 Å². The van der Waals surface area contributed by atoms with Gasteiger partial charge in [0, 0.05) is 17.4 Å². The van der Waals surface area contributed by atoms with E-state index in [9.17, 15) is 4.79 Å². The van der Waals surface area contributed by atoms with Crippen molar-refractivity contribution in [2.24, 2.45) is 0 Å². The molecule has 0 amide bonds. The molecule has 1 aromatic carbocycles. The molecule has 2 aromatic rings. The van der Waals surface area contributed by atoms with E-state index < -0.39 is 0 Å². The summed E-state index contributed by atoms with van der Waals surface area (Å²) in [6, 6.07) is 7.52. The molecule has 2 rings (SSSR count). The van der Waals surface area contributed by atoms with Gasteiger partial charge >= 0.3 is 0 Å². The average molecular weight is 293 g/mol. The number of hydrogen-bond donors (Lipinski definition) is 0. The van der Waals surface area contributed by atoms with E-state index >= 15 is 0 Å². The highest BCUT2D eigenvalue weighted by Crippen LogP contribution is 2.14. The second-order valence-corrected chi connectivity index (χ2v) is 5.32. The van der Waals surface area contributed by atoms with Crippen molar-refractivity contribution in [1.82, 2.24) is 9.55 Å². The first-order valence-electron chi connectivity index (χ1n) is 5.37. The Morgan fingerprint density at radius 1 is 1.35 bits per heavy atom. The zero-order valence-corrected chi connectivity index (χ0v) is 11.3. The lowest BCUT2D eigenvalue weighted by molar-refractivity contribution is 0.0996. The average Bonchev–Trinajstić information content (AvgIpc) is 2.75. The van der Waals surface area contributed by atoms with Gasteiger partial charge in [0.15, 0.2) is 5.78 Å². The number of carbonyl (C=O) groups excluding carboxylic acids is 1. The topological polar surface area (TPSA) is 34.9 Å². The van der Waals surface area contributed by atoms with E-state index in [2.05, 4.69) is 20.9 Å². The SMILES string of the molecule is Cc1cn(-c2ccc(C(=O)C(C)Br)cc2)cn1. The van der Waals surface area contributed by atoms with E-state index in [0.717, 1.165) is 16.9 Å². The molecule has 1 atom stereocenters. The molecule has 0 aliphatic carbocycles. The van der Waals surface area contributed by atoms with Gasteiger partial charge in [0.2, 0.25) is 0 Å². The molecule has 1 aromatic heterocycles. The number of ketones is 1. The first-order chi connectivity index (χ1) is 8.08. The normalized spacial score (nSPS) is 12.4. The molecule has 0 spiro atoms. The van der Waals surface area contributed by atoms with E-state index in [1.165, 1.54) is 0 Å². The van der Waals surface area contributed by atoms with Crippen LogP contribution in [0.5, 0.6) is 0 Å². The summed E-state index contributed by atoms with van der Waals surface area (Å²) in [7, 11) is 0. The number of hydrogen-bond acceptors (Lipinski definition) is 2. The Hall–Kier alpha value is -1.42. The largest absolute Gasteiger partial charge is 0.306 e. The van der Waals surface area contributed by atoms with Gasteiger partial charge in [-0.3, -0.25) is 4.79 Å². The molecule has 17 heavy (non-hydrogen) atoms. The Bertz CT molecular complexity index is 529. The highest BCUT2D eigenvalue weighted by atomic mass is 79.9. The predicted octanol–water partition coefficient (Wildman–Crippen LogP) is 3.15. The van der Waals surface area contributed by atoms with Crippen molar-refractivity contribution in [3.05, 3.63) is 48.0 Å². The van der Waals surface area contributed by atoms with Crippen LogP contribution >= 0.6 is 15.9 Å². The summed E-state index contributed by atoms with van der Waals surface area (Å²) in [5.74, 6) is 0.0957. The fraction of sp³-hybridized carbons (Fsp3) is 0.231. The van der Waals surface area contributed by atoms with Crippen molar-refractivity contribution in [3.8, 4) is 5.69 Å². The predicted molar refractivity (Wildman–Crippen MR) is 71.0 cm³/mol. The Kier molecular flexibility index (Phi) is 3.43. The van der Waals surface area contributed by atoms with E-state index in [1.807, 2.05) is 48.9 Å². The van der Waals surface area contributed by atoms with Gasteiger partial charge in [-0.2, -0.15) is 0 Å². The molecular weight excluding hydrogens is 280 g/mol. The van der Waals surface area contributed by atoms with Crippen LogP contribution in [0.1, 0.15) is 23.0 Å². The molecule has 3 nitrogen and oxygen atoms in total. The van der Waals surface area contributed by atoms with Crippen molar-refractivity contribution < 1.29 is 4.79 Å². The molecule has 4 heteroatoms. The van der Waals surface area contributed by atoms with Crippen LogP contribution in [0.2, 0.25) is 0 Å². The summed E-state index contributed by atoms with van der Waals surface area (Å²) in [5, 5.41) is 0. The van der Waals surface area contributed by atoms with Crippen molar-refractivity contribution in [1.29, 1.82) is 0 Å². The van der Waals surface area contributed by atoms with Crippen LogP contribution in [-0.4, -0.2) is 20.2 Å². The van der Waals surface area contributed by atoms with E-state index in [0.29, 0.717) is 0 Å². The standard InChI is InChI=1S/C13H13BrN2O/c1-9-7-16(8-15-9)12-5-3-11(4-6-12)13(17)10(2)14/h3-8,10H,1-2H3. The van der Waals surface area contributed by atoms with Crippen LogP contribution in [-0.2, 0) is 0 Å². The van der Waals surface area contributed by atoms with Crippen LogP contribution < -0.4 is 0 Å². The minimum atomic E-state index is -0.149. The maximum absolute atomic E-state index is 11.7. The van der Waals surface area contributed by atoms with Gasteiger partial charge in [-0.25, -0.2) is 4.98 Å². The van der Waals surface area contributed by atoms with Crippen LogP contribution in [0.3, 0.4) is 0 Å². The molecule has 88 valence electrons. The summed E-state index contributed by atoms with van der Waals surface area (Å²) in [6.07, 6.45) is 3.71. The van der Waals surface area contributed by atoms with Crippen molar-refractivity contribution in [3.63, 3.8) is 0 Å². The van der Waals surface area contributed by atoms with Gasteiger partial charge in [0.05, 0.1) is 16.8 Å². The number of halogens is 1. The molecule has 0 aliphatic rings. The van der Waals surface area contributed by atoms with Gasteiger partial charge in [-0.15, -0.1) is 0 Å². The lowest BCUT2D eigenvalue weighted by Crippen LogP contribution is -2.09. The van der Waals surface area contributed by atoms with Crippen LogP contribution in [0.4, 0.5) is 0 Å². The fourth-order valence-electron chi connectivity index (χ4n) is 1.59. The number of alkyl halides is 1. The second kappa shape index (κ2) is 4.84. The molecule has 0 bridgehead atoms. The lowest BCUT2D eigenvalue weighted by Gasteiger charge is -2.05. The van der Waals surface area contributed by atoms with Gasteiger partial charge in [0.1, 0.15) is 0 Å². The maximum atomic E-state index is 11.7. The summed E-state index contributed by atoms with van der Waals surface area (Å²) in [6.45, 7) is 3.77. The summed E-state index contributed by atoms with van der Waals surface area (Å²) in [5.41, 5.74) is 2.69. The van der Waals surface area contributed by atoms with Crippen molar-refractivity contribution in [2.75, 3.05) is 0 Å². The first-order valence-corrected chi connectivity index (χ1v) is 6.29. The molecule has 0 saturated carbocycles. The van der Waals surface area contributed by atoms with Gasteiger partial charge < -0.3 is 4.57 Å². The minimum absolute atomic E-state index is 0.0957. The first kappa shape index (κ1) is 12.0. The number of carbonyl (C=O) groups is 1. The molecule has 0 saturated heterocycles. The molecule has 1 unspecified atom stereocenters. The number of rotatable bonds is 3. The lowest BCUT2D eigenvalue weighted by atomic mass is 10.1. The minimum Gasteiger partial charge on any atom is -0.306 e. The van der Waals surface area contributed by atoms with Crippen LogP contribution in [0.15, 0.2) is 36.8 Å². The van der Waals surface area contributed by atoms with E-state index in [4.69, 9.17) is 0 Å². The zero-order chi connectivity index (χ0) is 12.4. The number of Topliss-reactive ketones (excluding diaryl/α,β-unsaturated/α-hetero) is 1. The molecule has 0 N–H and O–H groups in total. The van der Waals surface area contributed by atoms with Gasteiger partial charge in [-0.1, -0.05) is 15.9 Å². The van der Waals surface area contributed by atoms with Crippen LogP contribution in [0.25, 0.3) is 5.69 Å². The smallest absolute Gasteiger partial charge is 0.176 e. The Morgan fingerprint density at radius 2 is 2.00 bits per heavy atom. The Morgan fingerprint density at radius 3 is 2.47 bits per heavy atom. The highest BCUT2D eigenvalue weighted by Gasteiger charge is 2.11. The van der Waals surface area contributed by atoms with Crippen LogP contribution in [0, 0.1) is 6.92 Å². The molecule has 1 heterocycles. The third-order valence-electron chi connectivity index (χ3n) is 2.52. The van der Waals surface area contributed by atoms with E-state index in [-0.39, 0.29) is 10.6 Å². The Balaban J connectivity index is 2.27. The number of aromatic nitrogens is 2. The highest BCUT2D eigenvalue weighted by molar-refractivity contribution is 9.10. The summed E-state index contributed by atoms with van der Waals surface area (Å²) >= 11 is 3.28. The maximum Gasteiger partial charge on any atom is 0.176 e. The quantitative estimate of drug-likeness (QED) is 0.643. The third-order valence-corrected chi connectivity index (χ3v) is 2.94. The number of nitrogens with zero attached hydrogens (tertiary/aromatic N) is 2. The Labute approximate surface area is 109 Å². The molecule has 0 radical (unpaired) electrons. The molecule has 0 fully saturated rings. The van der Waals surface area contributed by atoms with Crippen molar-refractivity contribution >= 4 is 21.7 Å². The molecular formula is C13H13BrN2O. The summed E-state index contributed by atoms with van der Waals surface area (Å²) < 4.78 is 1.93. The van der Waals surface area contributed by atoms with Gasteiger partial charge in [0.25, 0.3) is 0 Å².